The van der Waals surface area contributed by atoms with E-state index in [1.54, 1.807) is 0 Å². The highest BCUT2D eigenvalue weighted by molar-refractivity contribution is 5.85. The number of ketones is 1. The summed E-state index contributed by atoms with van der Waals surface area (Å²) in [6.45, 7) is 7.60. The Kier molecular flexibility index (Phi) is 9.72. The monoisotopic (exact) mass is 289 g/mol. The molecule has 2 nitrogen and oxygen atoms in total. The minimum atomic E-state index is 0. The quantitative estimate of drug-likeness (QED) is 0.714. The number of hydrogen-bond acceptors (Lipinski definition) is 2. The molecule has 1 aliphatic carbocycles. The minimum Gasteiger partial charge on any atom is -0.330 e. The van der Waals surface area contributed by atoms with Gasteiger partial charge < -0.3 is 5.73 Å². The first-order valence-electron chi connectivity index (χ1n) is 7.79. The van der Waals surface area contributed by atoms with Gasteiger partial charge in [-0.3, -0.25) is 4.79 Å². The number of carbonyl (C=O) groups excluding carboxylic acids is 1. The number of hydrogen-bond donors (Lipinski definition) is 1. The predicted molar refractivity (Wildman–Crippen MR) is 84.6 cm³/mol. The van der Waals surface area contributed by atoms with Crippen LogP contribution in [-0.4, -0.2) is 12.3 Å². The normalized spacial score (nSPS) is 27.1. The van der Waals surface area contributed by atoms with Crippen LogP contribution < -0.4 is 5.73 Å². The molecule has 1 aliphatic rings. The molecule has 0 bridgehead atoms. The van der Waals surface area contributed by atoms with Gasteiger partial charge in [-0.1, -0.05) is 33.6 Å². The van der Waals surface area contributed by atoms with Crippen molar-refractivity contribution in [2.45, 2.75) is 65.7 Å². The van der Waals surface area contributed by atoms with E-state index in [2.05, 4.69) is 20.8 Å². The van der Waals surface area contributed by atoms with Gasteiger partial charge in [0.05, 0.1) is 0 Å². The minimum absolute atomic E-state index is 0. The van der Waals surface area contributed by atoms with Gasteiger partial charge in [-0.15, -0.1) is 12.4 Å². The molecule has 0 aromatic carbocycles. The van der Waals surface area contributed by atoms with Crippen LogP contribution in [0, 0.1) is 23.7 Å². The van der Waals surface area contributed by atoms with Crippen LogP contribution in [0.4, 0.5) is 0 Å². The molecule has 0 aromatic heterocycles. The molecule has 0 amide bonds. The largest absolute Gasteiger partial charge is 0.330 e. The summed E-state index contributed by atoms with van der Waals surface area (Å²) >= 11 is 0. The van der Waals surface area contributed by atoms with Crippen LogP contribution in [0.15, 0.2) is 0 Å². The number of Topliss-reactive ketones (excluding diaryl/α,β-unsaturated/α-hetero) is 1. The molecule has 0 spiro atoms. The van der Waals surface area contributed by atoms with Crippen molar-refractivity contribution in [1.82, 2.24) is 0 Å². The first-order valence-corrected chi connectivity index (χ1v) is 7.79. The van der Waals surface area contributed by atoms with E-state index in [9.17, 15) is 4.79 Å². The molecule has 114 valence electrons. The molecule has 0 radical (unpaired) electrons. The van der Waals surface area contributed by atoms with Gasteiger partial charge in [-0.25, -0.2) is 0 Å². The first-order chi connectivity index (χ1) is 8.56. The van der Waals surface area contributed by atoms with Crippen molar-refractivity contribution in [3.05, 3.63) is 0 Å². The van der Waals surface area contributed by atoms with Crippen molar-refractivity contribution in [2.24, 2.45) is 29.4 Å². The van der Waals surface area contributed by atoms with E-state index in [0.29, 0.717) is 23.5 Å². The Balaban J connectivity index is 0.00000324. The number of nitrogens with two attached hydrogens (primary N) is 1. The third-order valence-electron chi connectivity index (χ3n) is 4.56. The van der Waals surface area contributed by atoms with E-state index in [1.807, 2.05) is 0 Å². The van der Waals surface area contributed by atoms with E-state index in [0.717, 1.165) is 44.6 Å². The van der Waals surface area contributed by atoms with Crippen LogP contribution >= 0.6 is 12.4 Å². The molecule has 0 heterocycles. The highest BCUT2D eigenvalue weighted by atomic mass is 35.5. The van der Waals surface area contributed by atoms with Crippen LogP contribution in [0.3, 0.4) is 0 Å². The third-order valence-corrected chi connectivity index (χ3v) is 4.56. The highest BCUT2D eigenvalue weighted by Gasteiger charge is 2.34. The molecule has 0 aromatic rings. The van der Waals surface area contributed by atoms with E-state index in [1.165, 1.54) is 12.8 Å². The summed E-state index contributed by atoms with van der Waals surface area (Å²) in [6.07, 6.45) is 7.65. The maximum Gasteiger partial charge on any atom is 0.136 e. The highest BCUT2D eigenvalue weighted by Crippen LogP contribution is 2.39. The summed E-state index contributed by atoms with van der Waals surface area (Å²) in [6, 6.07) is 0. The summed E-state index contributed by atoms with van der Waals surface area (Å²) in [7, 11) is 0. The fourth-order valence-electron chi connectivity index (χ4n) is 3.38. The molecule has 0 saturated heterocycles. The zero-order valence-corrected chi connectivity index (χ0v) is 13.7. The molecule has 3 heteroatoms. The molecule has 2 N–H and O–H groups in total. The fourth-order valence-corrected chi connectivity index (χ4v) is 3.38. The maximum absolute atomic E-state index is 12.4. The molecule has 1 fully saturated rings. The van der Waals surface area contributed by atoms with Gasteiger partial charge in [-0.2, -0.15) is 0 Å². The van der Waals surface area contributed by atoms with Crippen LogP contribution in [0.2, 0.25) is 0 Å². The summed E-state index contributed by atoms with van der Waals surface area (Å²) in [5, 5.41) is 0. The van der Waals surface area contributed by atoms with Crippen LogP contribution in [0.25, 0.3) is 0 Å². The Labute approximate surface area is 125 Å². The van der Waals surface area contributed by atoms with Crippen molar-refractivity contribution < 1.29 is 4.79 Å². The van der Waals surface area contributed by atoms with E-state index >= 15 is 0 Å². The van der Waals surface area contributed by atoms with Crippen molar-refractivity contribution in [3.63, 3.8) is 0 Å². The predicted octanol–water partition coefficient (Wildman–Crippen LogP) is 4.20. The lowest BCUT2D eigenvalue weighted by Gasteiger charge is -2.36. The maximum atomic E-state index is 12.4. The zero-order valence-electron chi connectivity index (χ0n) is 12.9. The molecule has 19 heavy (non-hydrogen) atoms. The van der Waals surface area contributed by atoms with Gasteiger partial charge in [0.1, 0.15) is 5.78 Å². The lowest BCUT2D eigenvalue weighted by atomic mass is 9.68. The molecule has 3 atom stereocenters. The van der Waals surface area contributed by atoms with Crippen molar-refractivity contribution in [2.75, 3.05) is 6.54 Å². The summed E-state index contributed by atoms with van der Waals surface area (Å²) < 4.78 is 0. The second-order valence-electron chi connectivity index (χ2n) is 6.50. The Morgan fingerprint density at radius 3 is 2.47 bits per heavy atom. The van der Waals surface area contributed by atoms with Gasteiger partial charge >= 0.3 is 0 Å². The van der Waals surface area contributed by atoms with Gasteiger partial charge in [0.2, 0.25) is 0 Å². The lowest BCUT2D eigenvalue weighted by Crippen LogP contribution is -2.33. The third kappa shape index (κ3) is 6.27. The first kappa shape index (κ1) is 18.9. The van der Waals surface area contributed by atoms with Crippen molar-refractivity contribution in [3.8, 4) is 0 Å². The van der Waals surface area contributed by atoms with Crippen LogP contribution in [0.1, 0.15) is 65.7 Å². The van der Waals surface area contributed by atoms with E-state index < -0.39 is 0 Å². The SMILES string of the molecule is CC(C)[C@@H]1CC[C@@H](C)C[C@H]1C(=O)CCCCCN.Cl. The average Bonchev–Trinajstić information content (AvgIpc) is 2.34. The molecule has 1 saturated carbocycles. The number of rotatable bonds is 7. The summed E-state index contributed by atoms with van der Waals surface area (Å²) in [5.41, 5.74) is 5.48. The zero-order chi connectivity index (χ0) is 13.5. The Bertz CT molecular complexity index is 255. The molecule has 1 rings (SSSR count). The van der Waals surface area contributed by atoms with Crippen LogP contribution in [0.5, 0.6) is 0 Å². The van der Waals surface area contributed by atoms with Crippen LogP contribution in [-0.2, 0) is 4.79 Å². The Hall–Kier alpha value is -0.0800. The summed E-state index contributed by atoms with van der Waals surface area (Å²) in [4.78, 5) is 12.4. The topological polar surface area (TPSA) is 43.1 Å². The van der Waals surface area contributed by atoms with E-state index in [-0.39, 0.29) is 12.4 Å². The fraction of sp³-hybridized carbons (Fsp3) is 0.938. The summed E-state index contributed by atoms with van der Waals surface area (Å²) in [5.74, 6) is 2.88. The lowest BCUT2D eigenvalue weighted by molar-refractivity contribution is -0.127. The van der Waals surface area contributed by atoms with E-state index in [4.69, 9.17) is 5.73 Å². The van der Waals surface area contributed by atoms with Gasteiger partial charge in [0.25, 0.3) is 0 Å². The molecule has 0 aliphatic heterocycles. The smallest absolute Gasteiger partial charge is 0.136 e. The van der Waals surface area contributed by atoms with Gasteiger partial charge in [-0.05, 0) is 50.0 Å². The van der Waals surface area contributed by atoms with Crippen molar-refractivity contribution >= 4 is 18.2 Å². The van der Waals surface area contributed by atoms with Gasteiger partial charge in [0.15, 0.2) is 0 Å². The molecule has 0 unspecified atom stereocenters. The Morgan fingerprint density at radius 1 is 1.21 bits per heavy atom. The molecular formula is C16H32ClNO. The van der Waals surface area contributed by atoms with Gasteiger partial charge in [0, 0.05) is 12.3 Å². The standard InChI is InChI=1S/C16H31NO.ClH/c1-12(2)14-9-8-13(3)11-15(14)16(18)7-5-4-6-10-17;/h12-15H,4-11,17H2,1-3H3;1H/t13-,14+,15-;/m1./s1. The number of halogens is 1. The number of unbranched alkanes of at least 4 members (excludes halogenated alkanes) is 2. The van der Waals surface area contributed by atoms with Crippen molar-refractivity contribution in [1.29, 1.82) is 0 Å². The second-order valence-corrected chi connectivity index (χ2v) is 6.50. The number of carbonyl (C=O) groups is 1. The average molecular weight is 290 g/mol. The molecular weight excluding hydrogens is 258 g/mol. The Morgan fingerprint density at radius 2 is 1.89 bits per heavy atom. The second kappa shape index (κ2) is 9.77.